The highest BCUT2D eigenvalue weighted by molar-refractivity contribution is 7.89. The van der Waals surface area contributed by atoms with Crippen LogP contribution in [0.3, 0.4) is 0 Å². The van der Waals surface area contributed by atoms with Crippen molar-refractivity contribution in [2.75, 3.05) is 40.4 Å². The summed E-state index contributed by atoms with van der Waals surface area (Å²) in [7, 11) is -0.0398. The van der Waals surface area contributed by atoms with E-state index < -0.39 is 10.0 Å². The second-order valence-corrected chi connectivity index (χ2v) is 10.1. The van der Waals surface area contributed by atoms with Crippen LogP contribution >= 0.6 is 0 Å². The Bertz CT molecular complexity index is 970. The number of fused-ring (bicyclic) bond motifs is 1. The molecule has 0 aliphatic carbocycles. The van der Waals surface area contributed by atoms with Gasteiger partial charge in [-0.3, -0.25) is 4.90 Å². The first kappa shape index (κ1) is 21.2. The zero-order valence-corrected chi connectivity index (χ0v) is 18.5. The van der Waals surface area contributed by atoms with Crippen molar-refractivity contribution in [3.05, 3.63) is 53.6 Å². The van der Waals surface area contributed by atoms with E-state index in [1.54, 1.807) is 42.8 Å². The van der Waals surface area contributed by atoms with Crippen molar-refractivity contribution in [3.63, 3.8) is 0 Å². The molecule has 7 heteroatoms. The second-order valence-electron chi connectivity index (χ2n) is 8.12. The summed E-state index contributed by atoms with van der Waals surface area (Å²) in [6, 6.07) is 12.9. The van der Waals surface area contributed by atoms with E-state index in [-0.39, 0.29) is 0 Å². The van der Waals surface area contributed by atoms with Gasteiger partial charge in [0.05, 0.1) is 19.1 Å². The minimum atomic E-state index is -3.38. The first-order chi connectivity index (χ1) is 14.5. The molecule has 2 aromatic carbocycles. The molecule has 0 bridgehead atoms. The molecule has 2 aromatic rings. The van der Waals surface area contributed by atoms with E-state index in [0.29, 0.717) is 23.9 Å². The van der Waals surface area contributed by atoms with Crippen LogP contribution in [-0.4, -0.2) is 58.0 Å². The van der Waals surface area contributed by atoms with Crippen molar-refractivity contribution in [3.8, 4) is 11.5 Å². The highest BCUT2D eigenvalue weighted by Crippen LogP contribution is 2.34. The van der Waals surface area contributed by atoms with Gasteiger partial charge < -0.3 is 9.47 Å². The first-order valence-corrected chi connectivity index (χ1v) is 12.0. The Morgan fingerprint density at radius 2 is 1.57 bits per heavy atom. The second kappa shape index (κ2) is 8.96. The molecule has 162 valence electrons. The molecule has 1 fully saturated rings. The Morgan fingerprint density at radius 1 is 0.933 bits per heavy atom. The monoisotopic (exact) mass is 430 g/mol. The third-order valence-electron chi connectivity index (χ3n) is 6.27. The molecule has 0 amide bonds. The summed E-state index contributed by atoms with van der Waals surface area (Å²) in [4.78, 5) is 2.88. The van der Waals surface area contributed by atoms with Gasteiger partial charge in [0.25, 0.3) is 0 Å². The van der Waals surface area contributed by atoms with Crippen LogP contribution in [0.1, 0.15) is 24.0 Å². The lowest BCUT2D eigenvalue weighted by atomic mass is 9.94. The van der Waals surface area contributed by atoms with E-state index in [1.807, 2.05) is 6.07 Å². The van der Waals surface area contributed by atoms with Gasteiger partial charge in [-0.2, -0.15) is 4.31 Å². The van der Waals surface area contributed by atoms with E-state index in [1.165, 1.54) is 11.1 Å². The normalized spacial score (nSPS) is 18.7. The Hall–Kier alpha value is -2.09. The summed E-state index contributed by atoms with van der Waals surface area (Å²) >= 11 is 0. The predicted octanol–water partition coefficient (Wildman–Crippen LogP) is 3.16. The van der Waals surface area contributed by atoms with Crippen molar-refractivity contribution in [1.82, 2.24) is 9.21 Å². The molecule has 30 heavy (non-hydrogen) atoms. The Morgan fingerprint density at radius 3 is 2.20 bits per heavy atom. The molecule has 0 unspecified atom stereocenters. The number of rotatable bonds is 6. The molecule has 0 saturated carbocycles. The smallest absolute Gasteiger partial charge is 0.243 e. The van der Waals surface area contributed by atoms with E-state index >= 15 is 0 Å². The van der Waals surface area contributed by atoms with Gasteiger partial charge >= 0.3 is 0 Å². The Kier molecular flexibility index (Phi) is 6.32. The topological polar surface area (TPSA) is 59.1 Å². The van der Waals surface area contributed by atoms with E-state index in [4.69, 9.17) is 9.47 Å². The van der Waals surface area contributed by atoms with Gasteiger partial charge in [-0.1, -0.05) is 18.2 Å². The predicted molar refractivity (Wildman–Crippen MR) is 116 cm³/mol. The third kappa shape index (κ3) is 4.33. The highest BCUT2D eigenvalue weighted by atomic mass is 32.2. The summed E-state index contributed by atoms with van der Waals surface area (Å²) in [6.45, 7) is 4.12. The van der Waals surface area contributed by atoms with Crippen LogP contribution < -0.4 is 9.47 Å². The standard InChI is InChI=1S/C23H30N2O4S/c1-28-22-14-19-10-11-24(17-20(19)15-23(22)29-2)16-18-8-12-25(13-9-18)30(26,27)21-6-4-3-5-7-21/h3-7,14-15,18H,8-13,16-17H2,1-2H3. The highest BCUT2D eigenvalue weighted by Gasteiger charge is 2.30. The van der Waals surface area contributed by atoms with Crippen molar-refractivity contribution < 1.29 is 17.9 Å². The van der Waals surface area contributed by atoms with Crippen molar-refractivity contribution in [2.24, 2.45) is 5.92 Å². The molecule has 6 nitrogen and oxygen atoms in total. The average Bonchev–Trinajstić information content (AvgIpc) is 2.79. The van der Waals surface area contributed by atoms with Crippen LogP contribution in [0.25, 0.3) is 0 Å². The van der Waals surface area contributed by atoms with Crippen molar-refractivity contribution >= 4 is 10.0 Å². The van der Waals surface area contributed by atoms with Crippen LogP contribution in [0.5, 0.6) is 11.5 Å². The molecule has 0 radical (unpaired) electrons. The lowest BCUT2D eigenvalue weighted by Gasteiger charge is -2.36. The Labute approximate surface area is 179 Å². The molecule has 2 aliphatic heterocycles. The van der Waals surface area contributed by atoms with E-state index in [9.17, 15) is 8.42 Å². The van der Waals surface area contributed by atoms with E-state index in [2.05, 4.69) is 17.0 Å². The van der Waals surface area contributed by atoms with Crippen LogP contribution in [0.2, 0.25) is 0 Å². The number of hydrogen-bond donors (Lipinski definition) is 0. The number of benzene rings is 2. The quantitative estimate of drug-likeness (QED) is 0.705. The van der Waals surface area contributed by atoms with Gasteiger partial charge in [0.15, 0.2) is 11.5 Å². The fourth-order valence-corrected chi connectivity index (χ4v) is 6.03. The zero-order valence-electron chi connectivity index (χ0n) is 17.7. The van der Waals surface area contributed by atoms with Gasteiger partial charge in [-0.25, -0.2) is 8.42 Å². The third-order valence-corrected chi connectivity index (χ3v) is 8.18. The molecular formula is C23H30N2O4S. The number of piperidine rings is 1. The maximum absolute atomic E-state index is 12.8. The molecule has 0 spiro atoms. The molecule has 2 heterocycles. The SMILES string of the molecule is COc1cc2c(cc1OC)CN(CC1CCN(S(=O)(=O)c3ccccc3)CC1)CC2. The minimum Gasteiger partial charge on any atom is -0.493 e. The van der Waals surface area contributed by atoms with E-state index in [0.717, 1.165) is 50.4 Å². The molecular weight excluding hydrogens is 400 g/mol. The van der Waals surface area contributed by atoms with Crippen LogP contribution in [0.15, 0.2) is 47.4 Å². The van der Waals surface area contributed by atoms with Crippen molar-refractivity contribution in [1.29, 1.82) is 0 Å². The number of nitrogens with zero attached hydrogens (tertiary/aromatic N) is 2. The largest absolute Gasteiger partial charge is 0.493 e. The summed E-state index contributed by atoms with van der Waals surface area (Å²) in [5, 5.41) is 0. The average molecular weight is 431 g/mol. The molecule has 1 saturated heterocycles. The number of hydrogen-bond acceptors (Lipinski definition) is 5. The molecule has 0 aromatic heterocycles. The van der Waals surface area contributed by atoms with Gasteiger partial charge in [-0.15, -0.1) is 0 Å². The lowest BCUT2D eigenvalue weighted by Crippen LogP contribution is -2.42. The zero-order chi connectivity index (χ0) is 21.1. The fraction of sp³-hybridized carbons (Fsp3) is 0.478. The van der Waals surface area contributed by atoms with Crippen molar-refractivity contribution in [2.45, 2.75) is 30.7 Å². The van der Waals surface area contributed by atoms with Crippen LogP contribution in [0, 0.1) is 5.92 Å². The summed E-state index contributed by atoms with van der Waals surface area (Å²) in [5.41, 5.74) is 2.62. The first-order valence-electron chi connectivity index (χ1n) is 10.5. The van der Waals surface area contributed by atoms with Gasteiger partial charge in [0.2, 0.25) is 10.0 Å². The van der Waals surface area contributed by atoms with Crippen LogP contribution in [0.4, 0.5) is 0 Å². The molecule has 2 aliphatic rings. The molecule has 4 rings (SSSR count). The van der Waals surface area contributed by atoms with Crippen LogP contribution in [-0.2, 0) is 23.0 Å². The molecule has 0 atom stereocenters. The summed E-state index contributed by atoms with van der Waals surface area (Å²) in [5.74, 6) is 2.09. The lowest BCUT2D eigenvalue weighted by molar-refractivity contribution is 0.171. The van der Waals surface area contributed by atoms with Gasteiger partial charge in [-0.05, 0) is 60.6 Å². The fourth-order valence-electron chi connectivity index (χ4n) is 4.54. The maximum atomic E-state index is 12.8. The molecule has 0 N–H and O–H groups in total. The maximum Gasteiger partial charge on any atom is 0.243 e. The number of methoxy groups -OCH3 is 2. The summed E-state index contributed by atoms with van der Waals surface area (Å²) < 4.78 is 38.2. The minimum absolute atomic E-state index is 0.389. The number of sulfonamides is 1. The van der Waals surface area contributed by atoms with Gasteiger partial charge in [0.1, 0.15) is 0 Å². The summed E-state index contributed by atoms with van der Waals surface area (Å²) in [6.07, 6.45) is 2.81. The van der Waals surface area contributed by atoms with Gasteiger partial charge in [0, 0.05) is 32.7 Å². The Balaban J connectivity index is 1.35. The number of ether oxygens (including phenoxy) is 2.